The van der Waals surface area contributed by atoms with Gasteiger partial charge in [0.15, 0.2) is 5.13 Å². The van der Waals surface area contributed by atoms with Crippen molar-refractivity contribution in [3.8, 4) is 11.3 Å². The highest BCUT2D eigenvalue weighted by Gasteiger charge is 2.13. The third-order valence-corrected chi connectivity index (χ3v) is 5.93. The highest BCUT2D eigenvalue weighted by Crippen LogP contribution is 2.31. The van der Waals surface area contributed by atoms with Gasteiger partial charge in [0.1, 0.15) is 0 Å². The van der Waals surface area contributed by atoms with Gasteiger partial charge in [0.2, 0.25) is 5.91 Å². The number of nitrogens with one attached hydrogen (secondary N) is 1. The molecule has 8 heteroatoms. The number of rotatable bonds is 5. The average molecular weight is 439 g/mol. The van der Waals surface area contributed by atoms with Crippen molar-refractivity contribution in [2.24, 2.45) is 0 Å². The van der Waals surface area contributed by atoms with Crippen LogP contribution in [0.4, 0.5) is 5.13 Å². The van der Waals surface area contributed by atoms with Crippen molar-refractivity contribution in [2.45, 2.75) is 26.8 Å². The van der Waals surface area contributed by atoms with Crippen LogP contribution in [0.25, 0.3) is 22.2 Å². The summed E-state index contributed by atoms with van der Waals surface area (Å²) in [6.07, 6.45) is 1.64. The Morgan fingerprint density at radius 2 is 1.93 bits per heavy atom. The van der Waals surface area contributed by atoms with Crippen LogP contribution in [0, 0.1) is 13.8 Å². The first-order valence-electron chi connectivity index (χ1n) is 9.40. The van der Waals surface area contributed by atoms with E-state index in [4.69, 9.17) is 11.6 Å². The number of carbonyl (C=O) groups is 1. The third kappa shape index (κ3) is 4.13. The maximum atomic E-state index is 12.7. The normalized spacial score (nSPS) is 11.0. The SMILES string of the molecule is Cc1sc(NC(=O)CCn2cnc3c(C)cccc3c2=O)nc1-c1ccc(Cl)cc1. The Morgan fingerprint density at radius 1 is 1.17 bits per heavy atom. The van der Waals surface area contributed by atoms with Gasteiger partial charge in [0.25, 0.3) is 5.56 Å². The molecule has 0 saturated carbocycles. The molecule has 0 fully saturated rings. The lowest BCUT2D eigenvalue weighted by Gasteiger charge is -2.07. The van der Waals surface area contributed by atoms with E-state index in [2.05, 4.69) is 15.3 Å². The van der Waals surface area contributed by atoms with E-state index in [1.807, 2.05) is 50.2 Å². The number of benzene rings is 2. The fourth-order valence-electron chi connectivity index (χ4n) is 3.23. The number of amides is 1. The predicted molar refractivity (Wildman–Crippen MR) is 121 cm³/mol. The molecule has 0 aliphatic carbocycles. The fourth-order valence-corrected chi connectivity index (χ4v) is 4.20. The largest absolute Gasteiger partial charge is 0.302 e. The quantitative estimate of drug-likeness (QED) is 0.484. The lowest BCUT2D eigenvalue weighted by atomic mass is 10.1. The van der Waals surface area contributed by atoms with E-state index in [0.29, 0.717) is 21.1 Å². The van der Waals surface area contributed by atoms with E-state index in [9.17, 15) is 9.59 Å². The Balaban J connectivity index is 1.45. The van der Waals surface area contributed by atoms with Crippen molar-refractivity contribution in [3.63, 3.8) is 0 Å². The molecule has 152 valence electrons. The molecule has 2 heterocycles. The van der Waals surface area contributed by atoms with E-state index in [1.165, 1.54) is 22.2 Å². The zero-order chi connectivity index (χ0) is 21.3. The molecule has 0 aliphatic heterocycles. The zero-order valence-corrected chi connectivity index (χ0v) is 18.0. The first-order chi connectivity index (χ1) is 14.4. The molecule has 1 amide bonds. The van der Waals surface area contributed by atoms with Gasteiger partial charge >= 0.3 is 0 Å². The number of aryl methyl sites for hydroxylation is 3. The van der Waals surface area contributed by atoms with Gasteiger partial charge < -0.3 is 5.32 Å². The molecule has 0 spiro atoms. The minimum atomic E-state index is -0.206. The van der Waals surface area contributed by atoms with Gasteiger partial charge in [-0.25, -0.2) is 9.97 Å². The van der Waals surface area contributed by atoms with Crippen LogP contribution in [0.1, 0.15) is 16.9 Å². The molecule has 0 atom stereocenters. The molecule has 0 radical (unpaired) electrons. The lowest BCUT2D eigenvalue weighted by Crippen LogP contribution is -2.23. The summed E-state index contributed by atoms with van der Waals surface area (Å²) < 4.78 is 1.47. The summed E-state index contributed by atoms with van der Waals surface area (Å²) in [5.41, 5.74) is 3.25. The van der Waals surface area contributed by atoms with E-state index in [-0.39, 0.29) is 24.4 Å². The van der Waals surface area contributed by atoms with Gasteiger partial charge in [0, 0.05) is 28.4 Å². The van der Waals surface area contributed by atoms with Crippen LogP contribution in [0.2, 0.25) is 5.02 Å². The number of anilines is 1. The maximum absolute atomic E-state index is 12.7. The first kappa shape index (κ1) is 20.3. The maximum Gasteiger partial charge on any atom is 0.261 e. The zero-order valence-electron chi connectivity index (χ0n) is 16.5. The Bertz CT molecular complexity index is 1290. The number of hydrogen-bond acceptors (Lipinski definition) is 5. The number of fused-ring (bicyclic) bond motifs is 1. The number of nitrogens with zero attached hydrogens (tertiary/aromatic N) is 3. The minimum absolute atomic E-state index is 0.147. The molecule has 2 aromatic carbocycles. The topological polar surface area (TPSA) is 76.9 Å². The second kappa shape index (κ2) is 8.38. The van der Waals surface area contributed by atoms with Crippen molar-refractivity contribution in [2.75, 3.05) is 5.32 Å². The molecule has 0 bridgehead atoms. The van der Waals surface area contributed by atoms with Crippen molar-refractivity contribution in [3.05, 3.63) is 74.6 Å². The van der Waals surface area contributed by atoms with Crippen LogP contribution < -0.4 is 10.9 Å². The number of para-hydroxylation sites is 1. The number of carbonyl (C=O) groups excluding carboxylic acids is 1. The Kier molecular flexibility index (Phi) is 5.65. The summed E-state index contributed by atoms with van der Waals surface area (Å²) in [6, 6.07) is 12.9. The van der Waals surface area contributed by atoms with Crippen LogP contribution in [-0.2, 0) is 11.3 Å². The molecule has 1 N–H and O–H groups in total. The molecule has 0 saturated heterocycles. The van der Waals surface area contributed by atoms with Crippen LogP contribution in [-0.4, -0.2) is 20.4 Å². The summed E-state index contributed by atoms with van der Waals surface area (Å²) in [5, 5.41) is 4.57. The standard InChI is InChI=1S/C22H19ClN4O2S/c1-13-4-3-5-17-19(13)24-12-27(21(17)29)11-10-18(28)25-22-26-20(14(2)30-22)15-6-8-16(23)9-7-15/h3-9,12H,10-11H2,1-2H3,(H,25,26,28). The van der Waals surface area contributed by atoms with Gasteiger partial charge in [-0.05, 0) is 37.6 Å². The van der Waals surface area contributed by atoms with Gasteiger partial charge in [-0.2, -0.15) is 0 Å². The third-order valence-electron chi connectivity index (χ3n) is 4.80. The Morgan fingerprint density at radius 3 is 2.70 bits per heavy atom. The number of thiazole rings is 1. The molecule has 0 aliphatic rings. The van der Waals surface area contributed by atoms with E-state index in [0.717, 1.165) is 21.7 Å². The highest BCUT2D eigenvalue weighted by molar-refractivity contribution is 7.16. The molecule has 0 unspecified atom stereocenters. The highest BCUT2D eigenvalue weighted by atomic mass is 35.5. The summed E-state index contributed by atoms with van der Waals surface area (Å²) in [6.45, 7) is 4.12. The number of aromatic nitrogens is 3. The smallest absolute Gasteiger partial charge is 0.261 e. The minimum Gasteiger partial charge on any atom is -0.302 e. The predicted octanol–water partition coefficient (Wildman–Crippen LogP) is 4.82. The second-order valence-electron chi connectivity index (χ2n) is 6.94. The summed E-state index contributed by atoms with van der Waals surface area (Å²) >= 11 is 7.36. The van der Waals surface area contributed by atoms with Crippen LogP contribution >= 0.6 is 22.9 Å². The summed E-state index contributed by atoms with van der Waals surface area (Å²) in [7, 11) is 0. The van der Waals surface area contributed by atoms with E-state index < -0.39 is 0 Å². The molecule has 4 aromatic rings. The Hall–Kier alpha value is -3.03. The summed E-state index contributed by atoms with van der Waals surface area (Å²) in [4.78, 5) is 35.0. The van der Waals surface area contributed by atoms with Crippen molar-refractivity contribution < 1.29 is 4.79 Å². The summed E-state index contributed by atoms with van der Waals surface area (Å²) in [5.74, 6) is -0.206. The molecule has 30 heavy (non-hydrogen) atoms. The number of halogens is 1. The van der Waals surface area contributed by atoms with E-state index >= 15 is 0 Å². The van der Waals surface area contributed by atoms with Gasteiger partial charge in [-0.15, -0.1) is 11.3 Å². The monoisotopic (exact) mass is 438 g/mol. The molecule has 6 nitrogen and oxygen atoms in total. The first-order valence-corrected chi connectivity index (χ1v) is 10.6. The Labute approximate surface area is 182 Å². The molecule has 2 aromatic heterocycles. The second-order valence-corrected chi connectivity index (χ2v) is 8.58. The average Bonchev–Trinajstić information content (AvgIpc) is 3.08. The fraction of sp³-hybridized carbons (Fsp3) is 0.182. The molecule has 4 rings (SSSR count). The van der Waals surface area contributed by atoms with Gasteiger partial charge in [-0.3, -0.25) is 14.2 Å². The van der Waals surface area contributed by atoms with Crippen molar-refractivity contribution >= 4 is 44.9 Å². The van der Waals surface area contributed by atoms with Gasteiger partial charge in [0.05, 0.1) is 22.9 Å². The van der Waals surface area contributed by atoms with Crippen LogP contribution in [0.15, 0.2) is 53.6 Å². The van der Waals surface area contributed by atoms with Crippen molar-refractivity contribution in [1.29, 1.82) is 0 Å². The lowest BCUT2D eigenvalue weighted by molar-refractivity contribution is -0.116. The number of hydrogen-bond donors (Lipinski definition) is 1. The van der Waals surface area contributed by atoms with E-state index in [1.54, 1.807) is 6.07 Å². The van der Waals surface area contributed by atoms with Crippen LogP contribution in [0.5, 0.6) is 0 Å². The van der Waals surface area contributed by atoms with Gasteiger partial charge in [-0.1, -0.05) is 35.9 Å². The van der Waals surface area contributed by atoms with Crippen LogP contribution in [0.3, 0.4) is 0 Å². The van der Waals surface area contributed by atoms with Crippen molar-refractivity contribution in [1.82, 2.24) is 14.5 Å². The molecular formula is C22H19ClN4O2S. The molecular weight excluding hydrogens is 420 g/mol.